The zero-order chi connectivity index (χ0) is 23.5. The summed E-state index contributed by atoms with van der Waals surface area (Å²) in [7, 11) is 1.66. The number of aryl methyl sites for hydroxylation is 2. The highest BCUT2D eigenvalue weighted by molar-refractivity contribution is 6.06. The average molecular weight is 438 g/mol. The van der Waals surface area contributed by atoms with Crippen molar-refractivity contribution in [3.8, 4) is 11.5 Å². The Hall–Kier alpha value is -3.42. The molecule has 0 aliphatic heterocycles. The summed E-state index contributed by atoms with van der Waals surface area (Å²) >= 11 is 0. The van der Waals surface area contributed by atoms with Gasteiger partial charge in [0.25, 0.3) is 11.8 Å². The second-order valence-electron chi connectivity index (χ2n) is 8.41. The number of hydrogen-bond acceptors (Lipinski definition) is 5. The molecule has 0 aliphatic carbocycles. The minimum absolute atomic E-state index is 0.203. The highest BCUT2D eigenvalue weighted by Gasteiger charge is 2.30. The maximum atomic E-state index is 13.2. The molecule has 0 fully saturated rings. The van der Waals surface area contributed by atoms with Crippen LogP contribution in [0.2, 0.25) is 0 Å². The predicted octanol–water partition coefficient (Wildman–Crippen LogP) is 3.62. The minimum atomic E-state index is -0.632. The van der Waals surface area contributed by atoms with E-state index in [0.717, 1.165) is 11.3 Å². The zero-order valence-electron chi connectivity index (χ0n) is 19.6. The molecule has 0 bridgehead atoms. The minimum Gasteiger partial charge on any atom is -0.441 e. The molecule has 3 rings (SSSR count). The maximum absolute atomic E-state index is 13.2. The second kappa shape index (κ2) is 9.38. The fraction of sp³-hybridized carbons (Fsp3) is 0.417. The average Bonchev–Trinajstić information content (AvgIpc) is 3.31. The predicted molar refractivity (Wildman–Crippen MR) is 122 cm³/mol. The molecule has 2 aromatic heterocycles. The van der Waals surface area contributed by atoms with Crippen LogP contribution in [0, 0.1) is 6.92 Å². The number of carbonyl (C=O) groups is 2. The van der Waals surface area contributed by atoms with Crippen molar-refractivity contribution in [2.45, 2.75) is 46.6 Å². The van der Waals surface area contributed by atoms with E-state index in [1.165, 1.54) is 10.9 Å². The molecule has 1 N–H and O–H groups in total. The number of carbonyl (C=O) groups excluding carboxylic acids is 2. The van der Waals surface area contributed by atoms with Crippen LogP contribution in [-0.2, 0) is 13.5 Å². The number of nitrogens with zero attached hydrogens (tertiary/aromatic N) is 4. The Balaban J connectivity index is 1.80. The van der Waals surface area contributed by atoms with E-state index in [2.05, 4.69) is 15.4 Å². The van der Waals surface area contributed by atoms with Crippen LogP contribution in [0.15, 0.2) is 40.9 Å². The summed E-state index contributed by atoms with van der Waals surface area (Å²) in [4.78, 5) is 32.4. The Morgan fingerprint density at radius 1 is 1.16 bits per heavy atom. The molecule has 170 valence electrons. The first-order valence-electron chi connectivity index (χ1n) is 10.8. The SMILES string of the molecule is CCN(CC)C(=O)c1cnn(C)c1C(=O)NC(C)(C)Cc1nc(-c2ccccc2)oc1C. The van der Waals surface area contributed by atoms with Crippen LogP contribution >= 0.6 is 0 Å². The molecule has 2 amide bonds. The van der Waals surface area contributed by atoms with Gasteiger partial charge in [-0.3, -0.25) is 14.3 Å². The van der Waals surface area contributed by atoms with Gasteiger partial charge in [-0.05, 0) is 46.8 Å². The number of oxazole rings is 1. The summed E-state index contributed by atoms with van der Waals surface area (Å²) in [6.07, 6.45) is 1.93. The number of nitrogens with one attached hydrogen (secondary N) is 1. The van der Waals surface area contributed by atoms with Crippen LogP contribution in [0.1, 0.15) is 60.0 Å². The molecular formula is C24H31N5O3. The third-order valence-electron chi connectivity index (χ3n) is 5.41. The van der Waals surface area contributed by atoms with Gasteiger partial charge in [0.15, 0.2) is 0 Å². The Bertz CT molecular complexity index is 1090. The zero-order valence-corrected chi connectivity index (χ0v) is 19.6. The highest BCUT2D eigenvalue weighted by Crippen LogP contribution is 2.24. The van der Waals surface area contributed by atoms with Crippen LogP contribution in [-0.4, -0.2) is 50.1 Å². The van der Waals surface area contributed by atoms with E-state index in [1.54, 1.807) is 11.9 Å². The number of benzene rings is 1. The normalized spacial score (nSPS) is 11.4. The number of rotatable bonds is 8. The van der Waals surface area contributed by atoms with Crippen LogP contribution in [0.25, 0.3) is 11.5 Å². The standard InChI is InChI=1S/C24H31N5O3/c1-7-29(8-2)23(31)18-15-25-28(6)20(18)21(30)27-24(4,5)14-19-16(3)32-22(26-19)17-12-10-9-11-13-17/h9-13,15H,7-8,14H2,1-6H3,(H,27,30). The van der Waals surface area contributed by atoms with E-state index in [1.807, 2.05) is 65.0 Å². The quantitative estimate of drug-likeness (QED) is 0.581. The lowest BCUT2D eigenvalue weighted by atomic mass is 9.97. The van der Waals surface area contributed by atoms with Crippen molar-refractivity contribution in [2.24, 2.45) is 7.05 Å². The summed E-state index contributed by atoms with van der Waals surface area (Å²) in [6.45, 7) is 10.6. The second-order valence-corrected chi connectivity index (χ2v) is 8.41. The number of hydrogen-bond donors (Lipinski definition) is 1. The molecule has 2 heterocycles. The van der Waals surface area contributed by atoms with E-state index in [4.69, 9.17) is 4.42 Å². The lowest BCUT2D eigenvalue weighted by molar-refractivity contribution is 0.0762. The monoisotopic (exact) mass is 437 g/mol. The smallest absolute Gasteiger partial charge is 0.270 e. The molecule has 0 aliphatic rings. The fourth-order valence-electron chi connectivity index (χ4n) is 3.67. The molecule has 0 saturated carbocycles. The van der Waals surface area contributed by atoms with Crippen LogP contribution in [0.3, 0.4) is 0 Å². The van der Waals surface area contributed by atoms with Crippen molar-refractivity contribution in [3.63, 3.8) is 0 Å². The lowest BCUT2D eigenvalue weighted by Gasteiger charge is -2.26. The first-order valence-corrected chi connectivity index (χ1v) is 10.8. The molecule has 8 heteroatoms. The van der Waals surface area contributed by atoms with Crippen LogP contribution in [0.4, 0.5) is 0 Å². The topological polar surface area (TPSA) is 93.3 Å². The van der Waals surface area contributed by atoms with Gasteiger partial charge in [0.1, 0.15) is 11.5 Å². The van der Waals surface area contributed by atoms with Crippen molar-refractivity contribution in [3.05, 3.63) is 59.2 Å². The summed E-state index contributed by atoms with van der Waals surface area (Å²) in [5, 5.41) is 7.20. The van der Waals surface area contributed by atoms with Crippen LogP contribution < -0.4 is 5.32 Å². The van der Waals surface area contributed by atoms with Crippen molar-refractivity contribution >= 4 is 11.8 Å². The van der Waals surface area contributed by atoms with Gasteiger partial charge in [-0.1, -0.05) is 18.2 Å². The van der Waals surface area contributed by atoms with Gasteiger partial charge in [0.2, 0.25) is 5.89 Å². The molecule has 0 saturated heterocycles. The Kier molecular flexibility index (Phi) is 6.81. The van der Waals surface area contributed by atoms with Gasteiger partial charge < -0.3 is 14.6 Å². The van der Waals surface area contributed by atoms with Crippen LogP contribution in [0.5, 0.6) is 0 Å². The summed E-state index contributed by atoms with van der Waals surface area (Å²) in [5.41, 5.74) is 1.59. The Morgan fingerprint density at radius 3 is 2.44 bits per heavy atom. The van der Waals surface area contributed by atoms with E-state index < -0.39 is 5.54 Å². The molecule has 32 heavy (non-hydrogen) atoms. The first kappa shape index (κ1) is 23.2. The Morgan fingerprint density at radius 2 is 1.81 bits per heavy atom. The van der Waals surface area contributed by atoms with Gasteiger partial charge in [-0.15, -0.1) is 0 Å². The number of aromatic nitrogens is 3. The van der Waals surface area contributed by atoms with Gasteiger partial charge >= 0.3 is 0 Å². The van der Waals surface area contributed by atoms with E-state index in [9.17, 15) is 9.59 Å². The fourth-order valence-corrected chi connectivity index (χ4v) is 3.67. The molecule has 0 spiro atoms. The molecule has 3 aromatic rings. The van der Waals surface area contributed by atoms with Crippen molar-refractivity contribution in [1.29, 1.82) is 0 Å². The molecule has 0 radical (unpaired) electrons. The molecular weight excluding hydrogens is 406 g/mol. The van der Waals surface area contributed by atoms with E-state index in [0.29, 0.717) is 36.7 Å². The number of amides is 2. The van der Waals surface area contributed by atoms with Gasteiger partial charge in [0, 0.05) is 37.7 Å². The van der Waals surface area contributed by atoms with E-state index >= 15 is 0 Å². The largest absolute Gasteiger partial charge is 0.441 e. The van der Waals surface area contributed by atoms with Gasteiger partial charge in [-0.2, -0.15) is 5.10 Å². The molecule has 8 nitrogen and oxygen atoms in total. The van der Waals surface area contributed by atoms with Gasteiger partial charge in [0.05, 0.1) is 17.5 Å². The third kappa shape index (κ3) is 4.90. The molecule has 1 aromatic carbocycles. The first-order chi connectivity index (χ1) is 15.2. The summed E-state index contributed by atoms with van der Waals surface area (Å²) in [5.74, 6) is 0.712. The van der Waals surface area contributed by atoms with Crippen molar-refractivity contribution < 1.29 is 14.0 Å². The van der Waals surface area contributed by atoms with Crippen molar-refractivity contribution in [2.75, 3.05) is 13.1 Å². The summed E-state index contributed by atoms with van der Waals surface area (Å²) in [6, 6.07) is 9.70. The van der Waals surface area contributed by atoms with Gasteiger partial charge in [-0.25, -0.2) is 4.98 Å². The lowest BCUT2D eigenvalue weighted by Crippen LogP contribution is -2.46. The van der Waals surface area contributed by atoms with Crippen molar-refractivity contribution in [1.82, 2.24) is 25.0 Å². The molecule has 0 atom stereocenters. The summed E-state index contributed by atoms with van der Waals surface area (Å²) < 4.78 is 7.30. The Labute approximate surface area is 188 Å². The molecule has 0 unspecified atom stereocenters. The third-order valence-corrected chi connectivity index (χ3v) is 5.41. The highest BCUT2D eigenvalue weighted by atomic mass is 16.4. The maximum Gasteiger partial charge on any atom is 0.270 e. The van der Waals surface area contributed by atoms with E-state index in [-0.39, 0.29) is 17.5 Å².